The minimum absolute atomic E-state index is 0.0197. The van der Waals surface area contributed by atoms with E-state index in [-0.39, 0.29) is 17.1 Å². The van der Waals surface area contributed by atoms with Crippen molar-refractivity contribution in [3.05, 3.63) is 92.8 Å². The average molecular weight is 409 g/mol. The van der Waals surface area contributed by atoms with E-state index < -0.39 is 22.4 Å². The summed E-state index contributed by atoms with van der Waals surface area (Å²) in [6.07, 6.45) is 3.13. The quantitative estimate of drug-likeness (QED) is 0.344. The lowest BCUT2D eigenvalue weighted by atomic mass is 10.3. The first-order valence-electron chi connectivity index (χ1n) is 8.56. The number of aromatic nitrogens is 1. The van der Waals surface area contributed by atoms with E-state index in [1.165, 1.54) is 36.5 Å². The van der Waals surface area contributed by atoms with Gasteiger partial charge >= 0.3 is 5.69 Å². The third-order valence-corrected chi connectivity index (χ3v) is 3.93. The highest BCUT2D eigenvalue weighted by Gasteiger charge is 2.14. The highest BCUT2D eigenvalue weighted by Crippen LogP contribution is 2.25. The molecule has 2 aromatic carbocycles. The maximum atomic E-state index is 11.9. The number of non-ortho nitro benzene ring substituents is 1. The number of nitro benzene ring substituents is 2. The lowest BCUT2D eigenvalue weighted by Crippen LogP contribution is -2.24. The Hall–Kier alpha value is -4.54. The topological polar surface area (TPSA) is 142 Å². The second-order valence-corrected chi connectivity index (χ2v) is 5.88. The van der Waals surface area contributed by atoms with Gasteiger partial charge in [0.05, 0.1) is 21.8 Å². The number of ether oxygens (including phenoxy) is 1. The van der Waals surface area contributed by atoms with E-state index in [1.54, 1.807) is 41.1 Å². The van der Waals surface area contributed by atoms with Crippen LogP contribution >= 0.6 is 0 Å². The molecule has 1 amide bonds. The van der Waals surface area contributed by atoms with Gasteiger partial charge in [-0.3, -0.25) is 25.0 Å². The highest BCUT2D eigenvalue weighted by atomic mass is 16.6. The molecular formula is C19H15N5O6. The summed E-state index contributed by atoms with van der Waals surface area (Å²) in [6.45, 7) is -0.453. The fourth-order valence-corrected chi connectivity index (χ4v) is 2.55. The van der Waals surface area contributed by atoms with Gasteiger partial charge in [0.2, 0.25) is 0 Å². The fourth-order valence-electron chi connectivity index (χ4n) is 2.55. The maximum absolute atomic E-state index is 11.9. The summed E-state index contributed by atoms with van der Waals surface area (Å²) >= 11 is 0. The van der Waals surface area contributed by atoms with E-state index >= 15 is 0 Å². The molecule has 152 valence electrons. The molecule has 0 radical (unpaired) electrons. The molecular weight excluding hydrogens is 394 g/mol. The molecule has 3 rings (SSSR count). The summed E-state index contributed by atoms with van der Waals surface area (Å²) in [5.74, 6) is -0.619. The summed E-state index contributed by atoms with van der Waals surface area (Å²) in [4.78, 5) is 32.5. The predicted molar refractivity (Wildman–Crippen MR) is 107 cm³/mol. The van der Waals surface area contributed by atoms with Crippen LogP contribution in [0.25, 0.3) is 5.69 Å². The molecule has 0 unspecified atom stereocenters. The van der Waals surface area contributed by atoms with Crippen molar-refractivity contribution in [2.75, 3.05) is 6.61 Å². The zero-order valence-corrected chi connectivity index (χ0v) is 15.4. The molecule has 11 nitrogen and oxygen atoms in total. The Balaban J connectivity index is 1.60. The second-order valence-electron chi connectivity index (χ2n) is 5.88. The molecule has 1 aromatic heterocycles. The minimum atomic E-state index is -0.599. The number of hydrogen-bond acceptors (Lipinski definition) is 7. The van der Waals surface area contributed by atoms with E-state index in [9.17, 15) is 25.0 Å². The predicted octanol–water partition coefficient (Wildman–Crippen LogP) is 2.82. The third-order valence-electron chi connectivity index (χ3n) is 3.93. The number of rotatable bonds is 8. The Morgan fingerprint density at radius 1 is 1.03 bits per heavy atom. The van der Waals surface area contributed by atoms with Crippen molar-refractivity contribution in [2.45, 2.75) is 0 Å². The molecule has 3 aromatic rings. The number of nitrogens with zero attached hydrogens (tertiary/aromatic N) is 4. The summed E-state index contributed by atoms with van der Waals surface area (Å²) in [6, 6.07) is 15.2. The van der Waals surface area contributed by atoms with E-state index in [0.29, 0.717) is 11.4 Å². The minimum Gasteiger partial charge on any atom is -0.477 e. The molecule has 1 N–H and O–H groups in total. The Bertz CT molecular complexity index is 1110. The van der Waals surface area contributed by atoms with Crippen LogP contribution in [0.3, 0.4) is 0 Å². The molecule has 0 aliphatic rings. The number of hydrogen-bond donors (Lipinski definition) is 1. The molecule has 30 heavy (non-hydrogen) atoms. The Morgan fingerprint density at radius 3 is 2.47 bits per heavy atom. The molecule has 0 spiro atoms. The number of nitrogens with one attached hydrogen (secondary N) is 1. The summed E-state index contributed by atoms with van der Waals surface area (Å²) < 4.78 is 6.91. The number of hydrazone groups is 1. The van der Waals surface area contributed by atoms with Crippen molar-refractivity contribution in [1.29, 1.82) is 0 Å². The fraction of sp³-hybridized carbons (Fsp3) is 0.0526. The molecule has 0 fully saturated rings. The van der Waals surface area contributed by atoms with Gasteiger partial charge in [-0.15, -0.1) is 0 Å². The molecule has 1 heterocycles. The maximum Gasteiger partial charge on any atom is 0.310 e. The van der Waals surface area contributed by atoms with Gasteiger partial charge in [0.15, 0.2) is 12.4 Å². The van der Waals surface area contributed by atoms with E-state index in [2.05, 4.69) is 10.5 Å². The standard InChI is InChI=1S/C19H15N5O6/c25-19(13-30-18-6-2-1-5-17(18)24(28)29)21-20-12-16-4-3-11-22(16)14-7-9-15(10-8-14)23(26)27/h1-12H,13H2,(H,21,25). The zero-order chi connectivity index (χ0) is 21.5. The van der Waals surface area contributed by atoms with Crippen molar-refractivity contribution < 1.29 is 19.4 Å². The van der Waals surface area contributed by atoms with Crippen LogP contribution in [0, 0.1) is 20.2 Å². The Labute approximate surface area is 169 Å². The second kappa shape index (κ2) is 9.10. The van der Waals surface area contributed by atoms with Gasteiger partial charge in [-0.1, -0.05) is 12.1 Å². The van der Waals surface area contributed by atoms with Gasteiger partial charge in [-0.25, -0.2) is 5.43 Å². The van der Waals surface area contributed by atoms with Crippen molar-refractivity contribution in [3.63, 3.8) is 0 Å². The van der Waals surface area contributed by atoms with Crippen LogP contribution < -0.4 is 10.2 Å². The number of carbonyl (C=O) groups is 1. The summed E-state index contributed by atoms with van der Waals surface area (Å²) in [5.41, 5.74) is 3.31. The largest absolute Gasteiger partial charge is 0.477 e. The van der Waals surface area contributed by atoms with E-state index in [4.69, 9.17) is 4.74 Å². The first-order valence-corrected chi connectivity index (χ1v) is 8.56. The molecule has 0 aliphatic carbocycles. The number of nitro groups is 2. The van der Waals surface area contributed by atoms with Gasteiger partial charge in [0, 0.05) is 30.1 Å². The molecule has 0 saturated heterocycles. The molecule has 0 aliphatic heterocycles. The van der Waals surface area contributed by atoms with Gasteiger partial charge in [-0.2, -0.15) is 5.10 Å². The van der Waals surface area contributed by atoms with E-state index in [0.717, 1.165) is 0 Å². The van der Waals surface area contributed by atoms with Crippen molar-refractivity contribution in [1.82, 2.24) is 9.99 Å². The number of amides is 1. The molecule has 0 saturated carbocycles. The summed E-state index contributed by atoms with van der Waals surface area (Å²) in [7, 11) is 0. The normalized spacial score (nSPS) is 10.7. The molecule has 11 heteroatoms. The first kappa shape index (κ1) is 20.2. The Kier molecular flexibility index (Phi) is 6.13. The van der Waals surface area contributed by atoms with Crippen molar-refractivity contribution >= 4 is 23.5 Å². The van der Waals surface area contributed by atoms with Crippen molar-refractivity contribution in [2.24, 2.45) is 5.10 Å². The van der Waals surface area contributed by atoms with Gasteiger partial charge < -0.3 is 9.30 Å². The Morgan fingerprint density at radius 2 is 1.77 bits per heavy atom. The van der Waals surface area contributed by atoms with Gasteiger partial charge in [0.1, 0.15) is 0 Å². The first-order chi connectivity index (χ1) is 14.5. The van der Waals surface area contributed by atoms with Crippen LogP contribution in [0.4, 0.5) is 11.4 Å². The van der Waals surface area contributed by atoms with Gasteiger partial charge in [-0.05, 0) is 30.3 Å². The van der Waals surface area contributed by atoms with Crippen LogP contribution in [0.15, 0.2) is 72.0 Å². The van der Waals surface area contributed by atoms with Gasteiger partial charge in [0.25, 0.3) is 11.6 Å². The number of benzene rings is 2. The summed E-state index contributed by atoms with van der Waals surface area (Å²) in [5, 5.41) is 25.5. The molecule has 0 bridgehead atoms. The monoisotopic (exact) mass is 409 g/mol. The zero-order valence-electron chi connectivity index (χ0n) is 15.4. The average Bonchev–Trinajstić information content (AvgIpc) is 3.21. The SMILES string of the molecule is O=C(COc1ccccc1[N+](=O)[O-])NN=Cc1cccn1-c1ccc([N+](=O)[O-])cc1. The van der Waals surface area contributed by atoms with Crippen molar-refractivity contribution in [3.8, 4) is 11.4 Å². The van der Waals surface area contributed by atoms with Crippen LogP contribution in [-0.4, -0.2) is 33.1 Å². The van der Waals surface area contributed by atoms with Crippen LogP contribution in [0.1, 0.15) is 5.69 Å². The van der Waals surface area contributed by atoms with E-state index in [1.807, 2.05) is 0 Å². The van der Waals surface area contributed by atoms with Crippen LogP contribution in [0.2, 0.25) is 0 Å². The molecule has 0 atom stereocenters. The smallest absolute Gasteiger partial charge is 0.310 e. The highest BCUT2D eigenvalue weighted by molar-refractivity contribution is 5.82. The number of carbonyl (C=O) groups excluding carboxylic acids is 1. The van der Waals surface area contributed by atoms with Crippen LogP contribution in [-0.2, 0) is 4.79 Å². The number of para-hydroxylation sites is 2. The lowest BCUT2D eigenvalue weighted by Gasteiger charge is -2.06. The lowest BCUT2D eigenvalue weighted by molar-refractivity contribution is -0.385. The third kappa shape index (κ3) is 4.84. The van der Waals surface area contributed by atoms with Crippen LogP contribution in [0.5, 0.6) is 5.75 Å².